The molecule has 0 spiro atoms. The maximum Gasteiger partial charge on any atom is 0.293 e. The Bertz CT molecular complexity index is 472. The highest BCUT2D eigenvalue weighted by Crippen LogP contribution is 2.11. The Kier molecular flexibility index (Phi) is 2.89. The molecule has 68 valence electrons. The average Bonchev–Trinajstić information content (AvgIpc) is 2.15. The second-order valence-electron chi connectivity index (χ2n) is 2.72. The minimum Gasteiger partial charge on any atom is -0.359 e. The topological polar surface area (TPSA) is 66.9 Å². The van der Waals surface area contributed by atoms with Gasteiger partial charge in [-0.25, -0.2) is 0 Å². The predicted molar refractivity (Wildman–Crippen MR) is 52.0 cm³/mol. The number of nitrogens with zero attached hydrogens (tertiary/aromatic N) is 1. The highest BCUT2D eigenvalue weighted by Gasteiger charge is 2.01. The van der Waals surface area contributed by atoms with Crippen LogP contribution in [0.15, 0.2) is 18.2 Å². The van der Waals surface area contributed by atoms with Gasteiger partial charge >= 0.3 is 0 Å². The fourth-order valence-corrected chi connectivity index (χ4v) is 1.05. The number of amides is 1. The molecule has 0 aliphatic heterocycles. The second-order valence-corrected chi connectivity index (χ2v) is 2.72. The summed E-state index contributed by atoms with van der Waals surface area (Å²) in [6, 6.07) is 7.25. The molecule has 2 N–H and O–H groups in total. The highest BCUT2D eigenvalue weighted by atomic mass is 16.1. The van der Waals surface area contributed by atoms with Gasteiger partial charge in [-0.05, 0) is 18.6 Å². The molecule has 0 aliphatic carbocycles. The van der Waals surface area contributed by atoms with E-state index in [0.29, 0.717) is 11.1 Å². The molecular weight excluding hydrogens is 176 g/mol. The van der Waals surface area contributed by atoms with Crippen molar-refractivity contribution in [2.24, 2.45) is 5.73 Å². The molecule has 3 heteroatoms. The third kappa shape index (κ3) is 2.12. The van der Waals surface area contributed by atoms with Crippen molar-refractivity contribution in [3.8, 4) is 17.9 Å². The van der Waals surface area contributed by atoms with E-state index in [9.17, 15) is 4.79 Å². The van der Waals surface area contributed by atoms with Crippen LogP contribution in [0.3, 0.4) is 0 Å². The van der Waals surface area contributed by atoms with Crippen LogP contribution in [0, 0.1) is 30.1 Å². The van der Waals surface area contributed by atoms with Crippen molar-refractivity contribution >= 4 is 5.91 Å². The summed E-state index contributed by atoms with van der Waals surface area (Å²) in [4.78, 5) is 10.4. The van der Waals surface area contributed by atoms with E-state index in [1.165, 1.54) is 0 Å². The number of nitrogens with two attached hydrogens (primary N) is 1. The number of benzene rings is 1. The number of carbonyl (C=O) groups is 1. The zero-order chi connectivity index (χ0) is 10.6. The van der Waals surface area contributed by atoms with E-state index in [1.807, 2.05) is 19.1 Å². The van der Waals surface area contributed by atoms with Crippen molar-refractivity contribution in [2.75, 3.05) is 0 Å². The van der Waals surface area contributed by atoms with Crippen LogP contribution in [0.1, 0.15) is 16.7 Å². The van der Waals surface area contributed by atoms with Crippen molar-refractivity contribution in [1.29, 1.82) is 5.26 Å². The predicted octanol–water partition coefficient (Wildman–Crippen LogP) is 0.704. The lowest BCUT2D eigenvalue weighted by Gasteiger charge is -1.98. The van der Waals surface area contributed by atoms with Crippen LogP contribution in [-0.4, -0.2) is 5.91 Å². The minimum absolute atomic E-state index is 0.457. The van der Waals surface area contributed by atoms with E-state index in [4.69, 9.17) is 11.0 Å². The quantitative estimate of drug-likeness (QED) is 0.603. The van der Waals surface area contributed by atoms with E-state index in [1.54, 1.807) is 12.1 Å². The van der Waals surface area contributed by atoms with Gasteiger partial charge in [0.05, 0.1) is 5.56 Å². The van der Waals surface area contributed by atoms with Gasteiger partial charge in [-0.2, -0.15) is 5.26 Å². The molecule has 14 heavy (non-hydrogen) atoms. The molecular formula is C11H8N2O. The van der Waals surface area contributed by atoms with Gasteiger partial charge in [-0.15, -0.1) is 0 Å². The zero-order valence-electron chi connectivity index (χ0n) is 7.66. The summed E-state index contributed by atoms with van der Waals surface area (Å²) in [5.41, 5.74) is 6.77. The number of hydrogen-bond acceptors (Lipinski definition) is 2. The standard InChI is InChI=1S/C11H8N2O/c1-8-3-2-4-9(7-12)10(8)5-6-11(13)14/h2-4H,1H3,(H2,13,14). The second kappa shape index (κ2) is 4.11. The number of primary amides is 1. The third-order valence-electron chi connectivity index (χ3n) is 1.70. The Hall–Kier alpha value is -2.26. The van der Waals surface area contributed by atoms with Gasteiger partial charge < -0.3 is 5.73 Å². The summed E-state index contributed by atoms with van der Waals surface area (Å²) in [7, 11) is 0. The molecule has 0 saturated carbocycles. The maximum atomic E-state index is 10.4. The van der Waals surface area contributed by atoms with Gasteiger partial charge in [-0.3, -0.25) is 4.79 Å². The molecule has 1 aromatic rings. The summed E-state index contributed by atoms with van der Waals surface area (Å²) in [5, 5.41) is 8.77. The zero-order valence-corrected chi connectivity index (χ0v) is 7.66. The summed E-state index contributed by atoms with van der Waals surface area (Å²) < 4.78 is 0. The van der Waals surface area contributed by atoms with Crippen molar-refractivity contribution in [2.45, 2.75) is 6.92 Å². The van der Waals surface area contributed by atoms with Crippen LogP contribution in [0.5, 0.6) is 0 Å². The number of aryl methyl sites for hydroxylation is 1. The summed E-state index contributed by atoms with van der Waals surface area (Å²) >= 11 is 0. The molecule has 0 radical (unpaired) electrons. The first-order valence-corrected chi connectivity index (χ1v) is 3.96. The number of rotatable bonds is 0. The van der Waals surface area contributed by atoms with Crippen molar-refractivity contribution in [3.05, 3.63) is 34.9 Å². The molecule has 0 bridgehead atoms. The highest BCUT2D eigenvalue weighted by molar-refractivity contribution is 5.92. The molecule has 0 aliphatic rings. The molecule has 1 rings (SSSR count). The van der Waals surface area contributed by atoms with E-state index in [2.05, 4.69) is 11.8 Å². The molecule has 0 fully saturated rings. The molecule has 0 heterocycles. The fraction of sp³-hybridized carbons (Fsp3) is 0.0909. The van der Waals surface area contributed by atoms with Crippen LogP contribution in [0.2, 0.25) is 0 Å². The lowest BCUT2D eigenvalue weighted by atomic mass is 10.0. The van der Waals surface area contributed by atoms with Crippen LogP contribution in [0.4, 0.5) is 0 Å². The number of nitriles is 1. The van der Waals surface area contributed by atoms with E-state index < -0.39 is 5.91 Å². The molecule has 1 amide bonds. The Balaban J connectivity index is 3.28. The molecule has 0 saturated heterocycles. The number of carbonyl (C=O) groups excluding carboxylic acids is 1. The minimum atomic E-state index is -0.697. The lowest BCUT2D eigenvalue weighted by Crippen LogP contribution is -2.06. The Morgan fingerprint density at radius 2 is 2.21 bits per heavy atom. The SMILES string of the molecule is Cc1cccc(C#N)c1C#CC(N)=O. The molecule has 0 unspecified atom stereocenters. The molecule has 0 atom stereocenters. The normalized spacial score (nSPS) is 8.29. The summed E-state index contributed by atoms with van der Waals surface area (Å²) in [6.45, 7) is 1.83. The molecule has 3 nitrogen and oxygen atoms in total. The van der Waals surface area contributed by atoms with Gasteiger partial charge in [0.1, 0.15) is 6.07 Å². The average molecular weight is 184 g/mol. The first kappa shape index (κ1) is 9.83. The van der Waals surface area contributed by atoms with Crippen LogP contribution >= 0.6 is 0 Å². The van der Waals surface area contributed by atoms with Crippen LogP contribution in [0.25, 0.3) is 0 Å². The Labute approximate surface area is 82.1 Å². The monoisotopic (exact) mass is 184 g/mol. The maximum absolute atomic E-state index is 10.4. The largest absolute Gasteiger partial charge is 0.359 e. The summed E-state index contributed by atoms with van der Waals surface area (Å²) in [5.74, 6) is 4.10. The van der Waals surface area contributed by atoms with Gasteiger partial charge in [0, 0.05) is 11.5 Å². The van der Waals surface area contributed by atoms with Gasteiger partial charge in [0.2, 0.25) is 0 Å². The van der Waals surface area contributed by atoms with E-state index >= 15 is 0 Å². The van der Waals surface area contributed by atoms with Gasteiger partial charge in [0.15, 0.2) is 0 Å². The molecule has 0 aromatic heterocycles. The van der Waals surface area contributed by atoms with Gasteiger partial charge in [-0.1, -0.05) is 18.1 Å². The molecule has 1 aromatic carbocycles. The first-order valence-electron chi connectivity index (χ1n) is 3.96. The van der Waals surface area contributed by atoms with Crippen molar-refractivity contribution < 1.29 is 4.79 Å². The van der Waals surface area contributed by atoms with Crippen LogP contribution in [-0.2, 0) is 4.79 Å². The Morgan fingerprint density at radius 3 is 2.79 bits per heavy atom. The first-order chi connectivity index (χ1) is 6.65. The van der Waals surface area contributed by atoms with Crippen LogP contribution < -0.4 is 5.73 Å². The summed E-state index contributed by atoms with van der Waals surface area (Å²) in [6.07, 6.45) is 0. The smallest absolute Gasteiger partial charge is 0.293 e. The van der Waals surface area contributed by atoms with E-state index in [-0.39, 0.29) is 0 Å². The number of hydrogen-bond donors (Lipinski definition) is 1. The van der Waals surface area contributed by atoms with Gasteiger partial charge in [0.25, 0.3) is 5.91 Å². The lowest BCUT2D eigenvalue weighted by molar-refractivity contribution is -0.112. The Morgan fingerprint density at radius 1 is 1.50 bits per heavy atom. The van der Waals surface area contributed by atoms with Crippen molar-refractivity contribution in [3.63, 3.8) is 0 Å². The third-order valence-corrected chi connectivity index (χ3v) is 1.70. The van der Waals surface area contributed by atoms with Crippen molar-refractivity contribution in [1.82, 2.24) is 0 Å². The van der Waals surface area contributed by atoms with E-state index in [0.717, 1.165) is 5.56 Å². The fourth-order valence-electron chi connectivity index (χ4n) is 1.05.